The van der Waals surface area contributed by atoms with Crippen LogP contribution < -0.4 is 11.1 Å². The summed E-state index contributed by atoms with van der Waals surface area (Å²) in [6.07, 6.45) is 5.85. The molecule has 33 heavy (non-hydrogen) atoms. The number of carbonyl (C=O) groups excluding carboxylic acids is 2. The van der Waals surface area contributed by atoms with Gasteiger partial charge in [0.2, 0.25) is 5.91 Å². The molecule has 180 valence electrons. The number of aliphatic carboxylic acids is 1. The standard InChI is InChI=1S/C25H34ClN3O4/c1-24(2,3)11-8-16-6-7-18(14-20(16)26)25-10-4-5-17(13-21(27)30)19(25)15-29(23(33)28-25)12-9-22(31)32/h6-7,14-15,17H,4-5,8-13H2,1-3H3,(H2,27,30)(H,28,33)(H,31,32). The fourth-order valence-corrected chi connectivity index (χ4v) is 5.11. The van der Waals surface area contributed by atoms with Crippen LogP contribution in [0, 0.1) is 11.3 Å². The van der Waals surface area contributed by atoms with E-state index in [0.29, 0.717) is 11.4 Å². The highest BCUT2D eigenvalue weighted by molar-refractivity contribution is 6.31. The Morgan fingerprint density at radius 1 is 1.33 bits per heavy atom. The molecule has 0 aromatic heterocycles. The first-order valence-corrected chi connectivity index (χ1v) is 11.9. The Bertz CT molecular complexity index is 969. The predicted octanol–water partition coefficient (Wildman–Crippen LogP) is 4.57. The molecule has 0 saturated heterocycles. The lowest BCUT2D eigenvalue weighted by Gasteiger charge is -2.48. The van der Waals surface area contributed by atoms with Gasteiger partial charge in [-0.1, -0.05) is 44.5 Å². The lowest BCUT2D eigenvalue weighted by molar-refractivity contribution is -0.137. The Hall–Kier alpha value is -2.54. The molecule has 2 unspecified atom stereocenters. The number of benzene rings is 1. The molecule has 1 fully saturated rings. The number of rotatable bonds is 8. The number of hydrogen-bond acceptors (Lipinski definition) is 3. The number of fused-ring (bicyclic) bond motifs is 1. The van der Waals surface area contributed by atoms with Gasteiger partial charge in [0.15, 0.2) is 0 Å². The zero-order valence-corrected chi connectivity index (χ0v) is 20.4. The van der Waals surface area contributed by atoms with E-state index < -0.39 is 17.4 Å². The number of carbonyl (C=O) groups is 3. The van der Waals surface area contributed by atoms with Gasteiger partial charge in [-0.05, 0) is 66.2 Å². The summed E-state index contributed by atoms with van der Waals surface area (Å²) in [5.74, 6) is -1.52. The first-order valence-electron chi connectivity index (χ1n) is 11.5. The number of nitrogens with two attached hydrogens (primary N) is 1. The maximum Gasteiger partial charge on any atom is 0.322 e. The van der Waals surface area contributed by atoms with Crippen LogP contribution in [0.15, 0.2) is 30.0 Å². The highest BCUT2D eigenvalue weighted by Crippen LogP contribution is 2.48. The first kappa shape index (κ1) is 25.1. The van der Waals surface area contributed by atoms with E-state index in [9.17, 15) is 14.4 Å². The van der Waals surface area contributed by atoms with Gasteiger partial charge in [0.25, 0.3) is 0 Å². The van der Waals surface area contributed by atoms with Crippen LogP contribution in [-0.2, 0) is 21.5 Å². The molecule has 0 bridgehead atoms. The number of hydrogen-bond donors (Lipinski definition) is 3. The Balaban J connectivity index is 2.00. The molecule has 2 atom stereocenters. The van der Waals surface area contributed by atoms with Crippen molar-refractivity contribution in [2.45, 2.75) is 71.3 Å². The summed E-state index contributed by atoms with van der Waals surface area (Å²) in [6, 6.07) is 5.61. The summed E-state index contributed by atoms with van der Waals surface area (Å²) in [4.78, 5) is 37.2. The molecule has 1 aliphatic heterocycles. The molecule has 0 radical (unpaired) electrons. The number of halogens is 1. The smallest absolute Gasteiger partial charge is 0.322 e. The van der Waals surface area contributed by atoms with Crippen LogP contribution in [0.25, 0.3) is 0 Å². The second-order valence-corrected chi connectivity index (χ2v) is 10.8. The second-order valence-electron chi connectivity index (χ2n) is 10.4. The van der Waals surface area contributed by atoms with Gasteiger partial charge >= 0.3 is 12.0 Å². The van der Waals surface area contributed by atoms with Crippen molar-refractivity contribution in [1.82, 2.24) is 10.2 Å². The Kier molecular flexibility index (Phi) is 7.42. The van der Waals surface area contributed by atoms with Gasteiger partial charge in [0, 0.05) is 24.2 Å². The first-order chi connectivity index (χ1) is 15.4. The number of carboxylic acids is 1. The van der Waals surface area contributed by atoms with E-state index in [4.69, 9.17) is 22.4 Å². The van der Waals surface area contributed by atoms with E-state index in [0.717, 1.165) is 42.4 Å². The molecule has 1 aromatic rings. The van der Waals surface area contributed by atoms with E-state index in [1.807, 2.05) is 18.2 Å². The summed E-state index contributed by atoms with van der Waals surface area (Å²) in [5.41, 5.74) is 7.76. The Morgan fingerprint density at radius 2 is 2.06 bits per heavy atom. The minimum absolute atomic E-state index is 0.0521. The Labute approximate surface area is 200 Å². The van der Waals surface area contributed by atoms with Gasteiger partial charge < -0.3 is 21.1 Å². The number of nitrogens with one attached hydrogen (secondary N) is 1. The number of urea groups is 1. The molecular weight excluding hydrogens is 442 g/mol. The SMILES string of the molecule is CC(C)(C)CCc1ccc(C23CCCC(CC(N)=O)C2=CN(CCC(=O)O)C(=O)N3)cc1Cl. The van der Waals surface area contributed by atoms with E-state index in [1.165, 1.54) is 4.90 Å². The van der Waals surface area contributed by atoms with Gasteiger partial charge in [0.05, 0.1) is 12.0 Å². The lowest BCUT2D eigenvalue weighted by atomic mass is 9.66. The topological polar surface area (TPSA) is 113 Å². The zero-order valence-electron chi connectivity index (χ0n) is 19.6. The van der Waals surface area contributed by atoms with Crippen molar-refractivity contribution in [3.63, 3.8) is 0 Å². The predicted molar refractivity (Wildman–Crippen MR) is 128 cm³/mol. The van der Waals surface area contributed by atoms with Crippen molar-refractivity contribution in [3.8, 4) is 0 Å². The maximum absolute atomic E-state index is 13.0. The van der Waals surface area contributed by atoms with Gasteiger partial charge in [-0.15, -0.1) is 0 Å². The van der Waals surface area contributed by atoms with Crippen molar-refractivity contribution < 1.29 is 19.5 Å². The van der Waals surface area contributed by atoms with Crippen LogP contribution in [-0.4, -0.2) is 34.5 Å². The average Bonchev–Trinajstić information content (AvgIpc) is 2.70. The number of aryl methyl sites for hydroxylation is 1. The fourth-order valence-electron chi connectivity index (χ4n) is 4.84. The summed E-state index contributed by atoms with van der Waals surface area (Å²) in [7, 11) is 0. The van der Waals surface area contributed by atoms with Crippen LogP contribution in [0.4, 0.5) is 4.79 Å². The number of carboxylic acid groups (broad SMARTS) is 1. The van der Waals surface area contributed by atoms with Gasteiger partial charge in [-0.25, -0.2) is 4.79 Å². The fraction of sp³-hybridized carbons (Fsp3) is 0.560. The number of primary amides is 1. The molecule has 1 heterocycles. The van der Waals surface area contributed by atoms with Crippen LogP contribution in [0.5, 0.6) is 0 Å². The van der Waals surface area contributed by atoms with E-state index in [-0.39, 0.29) is 36.8 Å². The molecule has 2 aliphatic rings. The van der Waals surface area contributed by atoms with E-state index in [2.05, 4.69) is 26.1 Å². The molecule has 0 spiro atoms. The quantitative estimate of drug-likeness (QED) is 0.511. The second kappa shape index (κ2) is 9.75. The zero-order chi connectivity index (χ0) is 24.4. The molecule has 4 N–H and O–H groups in total. The van der Waals surface area contributed by atoms with Gasteiger partial charge in [-0.2, -0.15) is 0 Å². The summed E-state index contributed by atoms with van der Waals surface area (Å²) in [5, 5.41) is 12.9. The number of amides is 3. The molecule has 1 aromatic carbocycles. The molecule has 1 saturated carbocycles. The van der Waals surface area contributed by atoms with E-state index >= 15 is 0 Å². The largest absolute Gasteiger partial charge is 0.481 e. The highest BCUT2D eigenvalue weighted by atomic mass is 35.5. The highest BCUT2D eigenvalue weighted by Gasteiger charge is 2.47. The molecule has 7 nitrogen and oxygen atoms in total. The summed E-state index contributed by atoms with van der Waals surface area (Å²) in [6.45, 7) is 6.64. The average molecular weight is 476 g/mol. The van der Waals surface area contributed by atoms with Gasteiger partial charge in [-0.3, -0.25) is 9.59 Å². The summed E-state index contributed by atoms with van der Waals surface area (Å²) < 4.78 is 0. The van der Waals surface area contributed by atoms with Crippen LogP contribution >= 0.6 is 11.6 Å². The van der Waals surface area contributed by atoms with Crippen molar-refractivity contribution in [2.75, 3.05) is 6.54 Å². The molecule has 3 rings (SSSR count). The van der Waals surface area contributed by atoms with Crippen molar-refractivity contribution in [1.29, 1.82) is 0 Å². The van der Waals surface area contributed by atoms with Crippen molar-refractivity contribution in [3.05, 3.63) is 46.1 Å². The Morgan fingerprint density at radius 3 is 2.67 bits per heavy atom. The minimum Gasteiger partial charge on any atom is -0.481 e. The van der Waals surface area contributed by atoms with Crippen LogP contribution in [0.1, 0.15) is 70.4 Å². The van der Waals surface area contributed by atoms with Crippen LogP contribution in [0.3, 0.4) is 0 Å². The minimum atomic E-state index is -0.979. The molecule has 1 aliphatic carbocycles. The third-order valence-corrected chi connectivity index (χ3v) is 6.97. The molecular formula is C25H34ClN3O4. The molecule has 3 amide bonds. The van der Waals surface area contributed by atoms with Crippen LogP contribution in [0.2, 0.25) is 5.02 Å². The number of nitrogens with zero attached hydrogens (tertiary/aromatic N) is 1. The normalized spacial score (nSPS) is 22.9. The van der Waals surface area contributed by atoms with Gasteiger partial charge in [0.1, 0.15) is 0 Å². The monoisotopic (exact) mass is 475 g/mol. The third-order valence-electron chi connectivity index (χ3n) is 6.62. The lowest BCUT2D eigenvalue weighted by Crippen LogP contribution is -2.58. The van der Waals surface area contributed by atoms with Crippen molar-refractivity contribution >= 4 is 29.5 Å². The maximum atomic E-state index is 13.0. The molecule has 8 heteroatoms. The van der Waals surface area contributed by atoms with E-state index in [1.54, 1.807) is 6.20 Å². The van der Waals surface area contributed by atoms with Crippen molar-refractivity contribution in [2.24, 2.45) is 17.1 Å². The third kappa shape index (κ3) is 5.88. The summed E-state index contributed by atoms with van der Waals surface area (Å²) >= 11 is 6.69.